The average Bonchev–Trinajstić information content (AvgIpc) is 2.31. The predicted molar refractivity (Wildman–Crippen MR) is 56.3 cm³/mol. The smallest absolute Gasteiger partial charge is 0.332 e. The molecule has 0 aromatic rings. The van der Waals surface area contributed by atoms with E-state index in [1.165, 1.54) is 0 Å². The van der Waals surface area contributed by atoms with Gasteiger partial charge in [0.1, 0.15) is 19.8 Å². The first-order valence-corrected chi connectivity index (χ1v) is 5.16. The second kappa shape index (κ2) is 7.99. The van der Waals surface area contributed by atoms with Crippen molar-refractivity contribution < 1.29 is 34.4 Å². The average molecular weight is 250 g/mol. The lowest BCUT2D eigenvalue weighted by molar-refractivity contribution is -0.157. The van der Waals surface area contributed by atoms with Crippen LogP contribution < -0.4 is 0 Å². The lowest BCUT2D eigenvalue weighted by Crippen LogP contribution is -2.36. The van der Waals surface area contributed by atoms with Crippen molar-refractivity contribution in [1.29, 1.82) is 0 Å². The van der Waals surface area contributed by atoms with Gasteiger partial charge in [0.25, 0.3) is 0 Å². The molecule has 0 rings (SSSR count). The van der Waals surface area contributed by atoms with Gasteiger partial charge in [0.15, 0.2) is 0 Å². The molecule has 0 atom stereocenters. The van der Waals surface area contributed by atoms with Crippen molar-refractivity contribution in [2.45, 2.75) is 13.3 Å². The maximum Gasteiger partial charge on any atom is 0.332 e. The molecule has 0 aromatic heterocycles. The molecule has 0 saturated carbocycles. The summed E-state index contributed by atoms with van der Waals surface area (Å²) in [6, 6.07) is 0. The summed E-state index contributed by atoms with van der Waals surface area (Å²) in [5.41, 5.74) is -0.859. The second-order valence-corrected chi connectivity index (χ2v) is 3.72. The SMILES string of the molecule is CCC(CO)(CO)COC(=O)COCC(=O)O. The highest BCUT2D eigenvalue weighted by Crippen LogP contribution is 2.20. The second-order valence-electron chi connectivity index (χ2n) is 3.72. The summed E-state index contributed by atoms with van der Waals surface area (Å²) >= 11 is 0. The van der Waals surface area contributed by atoms with Crippen LogP contribution in [-0.2, 0) is 19.1 Å². The zero-order valence-corrected chi connectivity index (χ0v) is 9.72. The fourth-order valence-corrected chi connectivity index (χ4v) is 0.964. The van der Waals surface area contributed by atoms with Gasteiger partial charge in [0, 0.05) is 0 Å². The number of aliphatic hydroxyl groups is 2. The van der Waals surface area contributed by atoms with Crippen molar-refractivity contribution in [1.82, 2.24) is 0 Å². The Labute approximate surface area is 99.0 Å². The highest BCUT2D eigenvalue weighted by molar-refractivity contribution is 5.72. The predicted octanol–water partition coefficient (Wildman–Crippen LogP) is -0.988. The van der Waals surface area contributed by atoms with Gasteiger partial charge in [0.05, 0.1) is 18.6 Å². The van der Waals surface area contributed by atoms with Crippen LogP contribution in [0.1, 0.15) is 13.3 Å². The van der Waals surface area contributed by atoms with Crippen LogP contribution in [0.4, 0.5) is 0 Å². The number of hydrogen-bond donors (Lipinski definition) is 3. The molecule has 7 nitrogen and oxygen atoms in total. The number of carboxylic acid groups (broad SMARTS) is 1. The first kappa shape index (κ1) is 15.8. The molecule has 0 heterocycles. The van der Waals surface area contributed by atoms with Gasteiger partial charge in [0.2, 0.25) is 0 Å². The van der Waals surface area contributed by atoms with Crippen LogP contribution in [0, 0.1) is 5.41 Å². The van der Waals surface area contributed by atoms with E-state index in [1.807, 2.05) is 0 Å². The summed E-state index contributed by atoms with van der Waals surface area (Å²) < 4.78 is 9.31. The Balaban J connectivity index is 3.92. The molecule has 0 radical (unpaired) electrons. The minimum absolute atomic E-state index is 0.133. The number of carbonyl (C=O) groups excluding carboxylic acids is 1. The first-order valence-electron chi connectivity index (χ1n) is 5.16. The van der Waals surface area contributed by atoms with Gasteiger partial charge in [-0.3, -0.25) is 0 Å². The van der Waals surface area contributed by atoms with E-state index in [9.17, 15) is 9.59 Å². The highest BCUT2D eigenvalue weighted by Gasteiger charge is 2.28. The van der Waals surface area contributed by atoms with E-state index >= 15 is 0 Å². The van der Waals surface area contributed by atoms with Crippen molar-refractivity contribution in [3.05, 3.63) is 0 Å². The van der Waals surface area contributed by atoms with Crippen LogP contribution in [0.25, 0.3) is 0 Å². The maximum absolute atomic E-state index is 11.1. The number of hydrogen-bond acceptors (Lipinski definition) is 6. The molecular formula is C10H18O7. The standard InChI is InChI=1S/C10H18O7/c1-2-10(5-11,6-12)7-17-9(15)4-16-3-8(13)14/h11-12H,2-7H2,1H3,(H,13,14). The molecule has 0 aliphatic heterocycles. The summed E-state index contributed by atoms with van der Waals surface area (Å²) in [7, 11) is 0. The quantitative estimate of drug-likeness (QED) is 0.450. The number of carbonyl (C=O) groups is 2. The Kier molecular flexibility index (Phi) is 7.44. The van der Waals surface area contributed by atoms with Crippen LogP contribution in [0.2, 0.25) is 0 Å². The molecule has 0 fully saturated rings. The van der Waals surface area contributed by atoms with Gasteiger partial charge in [-0.25, -0.2) is 9.59 Å². The van der Waals surface area contributed by atoms with Gasteiger partial charge >= 0.3 is 11.9 Å². The van der Waals surface area contributed by atoms with E-state index in [0.717, 1.165) is 0 Å². The number of rotatable bonds is 9. The molecule has 0 saturated heterocycles. The van der Waals surface area contributed by atoms with Crippen molar-refractivity contribution >= 4 is 11.9 Å². The van der Waals surface area contributed by atoms with Crippen LogP contribution in [0.15, 0.2) is 0 Å². The largest absolute Gasteiger partial charge is 0.480 e. The van der Waals surface area contributed by atoms with E-state index < -0.39 is 30.6 Å². The molecule has 7 heteroatoms. The molecule has 0 amide bonds. The Morgan fingerprint density at radius 3 is 2.18 bits per heavy atom. The number of aliphatic hydroxyl groups excluding tert-OH is 2. The fourth-order valence-electron chi connectivity index (χ4n) is 0.964. The van der Waals surface area contributed by atoms with E-state index in [-0.39, 0.29) is 19.8 Å². The normalized spacial score (nSPS) is 11.2. The number of esters is 1. The van der Waals surface area contributed by atoms with Gasteiger partial charge < -0.3 is 24.8 Å². The van der Waals surface area contributed by atoms with Gasteiger partial charge in [-0.05, 0) is 6.42 Å². The Morgan fingerprint density at radius 2 is 1.76 bits per heavy atom. The Morgan fingerprint density at radius 1 is 1.18 bits per heavy atom. The molecule has 0 bridgehead atoms. The van der Waals surface area contributed by atoms with Crippen LogP contribution in [0.3, 0.4) is 0 Å². The lowest BCUT2D eigenvalue weighted by Gasteiger charge is -2.27. The Hall–Kier alpha value is -1.18. The molecule has 100 valence electrons. The molecule has 0 spiro atoms. The number of carboxylic acids is 1. The number of ether oxygens (including phenoxy) is 2. The van der Waals surface area contributed by atoms with Gasteiger partial charge in [-0.15, -0.1) is 0 Å². The third-order valence-electron chi connectivity index (χ3n) is 2.41. The molecule has 0 aliphatic carbocycles. The van der Waals surface area contributed by atoms with Crippen molar-refractivity contribution in [2.24, 2.45) is 5.41 Å². The zero-order valence-electron chi connectivity index (χ0n) is 9.72. The number of aliphatic carboxylic acids is 1. The van der Waals surface area contributed by atoms with Gasteiger partial charge in [-0.1, -0.05) is 6.92 Å². The third-order valence-corrected chi connectivity index (χ3v) is 2.41. The van der Waals surface area contributed by atoms with Crippen molar-refractivity contribution in [2.75, 3.05) is 33.0 Å². The van der Waals surface area contributed by atoms with E-state index in [4.69, 9.17) is 20.1 Å². The summed E-state index contributed by atoms with van der Waals surface area (Å²) in [5, 5.41) is 26.4. The van der Waals surface area contributed by atoms with Crippen LogP contribution in [0.5, 0.6) is 0 Å². The topological polar surface area (TPSA) is 113 Å². The highest BCUT2D eigenvalue weighted by atomic mass is 16.6. The molecule has 0 aliphatic rings. The monoisotopic (exact) mass is 250 g/mol. The summed E-state index contributed by atoms with van der Waals surface area (Å²) in [4.78, 5) is 21.2. The van der Waals surface area contributed by atoms with Crippen molar-refractivity contribution in [3.63, 3.8) is 0 Å². The van der Waals surface area contributed by atoms with Crippen LogP contribution in [-0.4, -0.2) is 60.3 Å². The summed E-state index contributed by atoms with van der Waals surface area (Å²) in [6.45, 7) is -0.0313. The van der Waals surface area contributed by atoms with E-state index in [0.29, 0.717) is 6.42 Å². The Bertz CT molecular complexity index is 239. The van der Waals surface area contributed by atoms with E-state index in [2.05, 4.69) is 4.74 Å². The van der Waals surface area contributed by atoms with E-state index in [1.54, 1.807) is 6.92 Å². The summed E-state index contributed by atoms with van der Waals surface area (Å²) in [6.07, 6.45) is 0.448. The maximum atomic E-state index is 11.1. The molecular weight excluding hydrogens is 232 g/mol. The van der Waals surface area contributed by atoms with Crippen molar-refractivity contribution in [3.8, 4) is 0 Å². The lowest BCUT2D eigenvalue weighted by atomic mass is 9.88. The summed E-state index contributed by atoms with van der Waals surface area (Å²) in [5.74, 6) is -1.91. The minimum Gasteiger partial charge on any atom is -0.480 e. The third kappa shape index (κ3) is 6.20. The molecule has 17 heavy (non-hydrogen) atoms. The molecule has 3 N–H and O–H groups in total. The van der Waals surface area contributed by atoms with Crippen LogP contribution >= 0.6 is 0 Å². The zero-order chi connectivity index (χ0) is 13.3. The minimum atomic E-state index is -1.17. The molecule has 0 unspecified atom stereocenters. The fraction of sp³-hybridized carbons (Fsp3) is 0.800. The first-order chi connectivity index (χ1) is 7.99. The van der Waals surface area contributed by atoms with Gasteiger partial charge in [-0.2, -0.15) is 0 Å². The molecule has 0 aromatic carbocycles.